The molecule has 152 valence electrons. The summed E-state index contributed by atoms with van der Waals surface area (Å²) in [6.07, 6.45) is 1.87. The number of fused-ring (bicyclic) bond motifs is 1. The number of esters is 1. The molecule has 0 aromatic heterocycles. The molecule has 1 atom stereocenters. The van der Waals surface area contributed by atoms with Crippen molar-refractivity contribution < 1.29 is 23.8 Å². The summed E-state index contributed by atoms with van der Waals surface area (Å²) in [5.74, 6) is 0.0285. The monoisotopic (exact) mass is 415 g/mol. The Labute approximate surface area is 174 Å². The molecular weight excluding hydrogens is 394 g/mol. The van der Waals surface area contributed by atoms with Crippen LogP contribution in [0.4, 0.5) is 0 Å². The largest absolute Gasteiger partial charge is 0.486 e. The Balaban J connectivity index is 1.52. The van der Waals surface area contributed by atoms with Crippen molar-refractivity contribution >= 4 is 29.6 Å². The number of benzene rings is 2. The van der Waals surface area contributed by atoms with Gasteiger partial charge in [0.05, 0.1) is 5.02 Å². The minimum Gasteiger partial charge on any atom is -0.486 e. The Morgan fingerprint density at radius 1 is 1.21 bits per heavy atom. The van der Waals surface area contributed by atoms with Gasteiger partial charge in [-0.15, -0.1) is 0 Å². The number of halogens is 1. The van der Waals surface area contributed by atoms with Gasteiger partial charge in [0.15, 0.2) is 17.6 Å². The summed E-state index contributed by atoms with van der Waals surface area (Å²) in [4.78, 5) is 24.2. The number of carbonyl (C=O) groups is 2. The molecule has 1 aliphatic heterocycles. The van der Waals surface area contributed by atoms with Crippen LogP contribution < -0.4 is 14.8 Å². The van der Waals surface area contributed by atoms with Crippen molar-refractivity contribution in [3.63, 3.8) is 0 Å². The van der Waals surface area contributed by atoms with Crippen molar-refractivity contribution in [2.24, 2.45) is 0 Å². The zero-order chi connectivity index (χ0) is 20.8. The molecule has 1 heterocycles. The molecule has 2 aromatic carbocycles. The number of nitrogens with one attached hydrogen (secondary N) is 1. The quantitative estimate of drug-likeness (QED) is 0.575. The maximum atomic E-state index is 12.1. The maximum Gasteiger partial charge on any atom is 0.331 e. The first-order valence-corrected chi connectivity index (χ1v) is 9.61. The van der Waals surface area contributed by atoms with Gasteiger partial charge in [-0.2, -0.15) is 0 Å². The Kier molecular flexibility index (Phi) is 6.77. The Morgan fingerprint density at radius 2 is 1.93 bits per heavy atom. The van der Waals surface area contributed by atoms with E-state index < -0.39 is 12.1 Å². The van der Waals surface area contributed by atoms with Crippen molar-refractivity contribution in [2.45, 2.75) is 26.5 Å². The predicted octanol–water partition coefficient (Wildman–Crippen LogP) is 3.68. The molecule has 1 amide bonds. The van der Waals surface area contributed by atoms with Crippen LogP contribution in [0.5, 0.6) is 11.5 Å². The average molecular weight is 416 g/mol. The number of amides is 1. The molecule has 2 aromatic rings. The van der Waals surface area contributed by atoms with E-state index in [0.717, 1.165) is 11.1 Å². The van der Waals surface area contributed by atoms with E-state index in [1.807, 2.05) is 31.2 Å². The topological polar surface area (TPSA) is 73.9 Å². The summed E-state index contributed by atoms with van der Waals surface area (Å²) in [7, 11) is 0. The van der Waals surface area contributed by atoms with E-state index in [2.05, 4.69) is 5.32 Å². The molecule has 0 bridgehead atoms. The molecule has 6 nitrogen and oxygen atoms in total. The van der Waals surface area contributed by atoms with Crippen LogP contribution in [-0.2, 0) is 20.9 Å². The van der Waals surface area contributed by atoms with Gasteiger partial charge in [0, 0.05) is 12.6 Å². The average Bonchev–Trinajstić information content (AvgIpc) is 2.71. The molecule has 0 spiro atoms. The van der Waals surface area contributed by atoms with Gasteiger partial charge in [0.25, 0.3) is 5.91 Å². The normalized spacial score (nSPS) is 13.8. The van der Waals surface area contributed by atoms with Crippen LogP contribution >= 0.6 is 11.6 Å². The lowest BCUT2D eigenvalue weighted by atomic mass is 10.1. The minimum atomic E-state index is -0.915. The summed E-state index contributed by atoms with van der Waals surface area (Å²) < 4.78 is 16.1. The number of aryl methyl sites for hydroxylation is 1. The van der Waals surface area contributed by atoms with Crippen LogP contribution in [0, 0.1) is 6.92 Å². The fraction of sp³-hybridized carbons (Fsp3) is 0.273. The highest BCUT2D eigenvalue weighted by Crippen LogP contribution is 2.38. The van der Waals surface area contributed by atoms with E-state index in [1.54, 1.807) is 18.2 Å². The lowest BCUT2D eigenvalue weighted by molar-refractivity contribution is -0.150. The second-order valence-electron chi connectivity index (χ2n) is 6.64. The van der Waals surface area contributed by atoms with Crippen LogP contribution in [0.25, 0.3) is 6.08 Å². The van der Waals surface area contributed by atoms with Gasteiger partial charge in [-0.3, -0.25) is 4.79 Å². The van der Waals surface area contributed by atoms with Crippen LogP contribution in [0.15, 0.2) is 42.5 Å². The lowest BCUT2D eigenvalue weighted by Gasteiger charge is -2.19. The zero-order valence-electron chi connectivity index (χ0n) is 16.2. The first-order chi connectivity index (χ1) is 13.9. The zero-order valence-corrected chi connectivity index (χ0v) is 17.0. The fourth-order valence-corrected chi connectivity index (χ4v) is 2.97. The lowest BCUT2D eigenvalue weighted by Crippen LogP contribution is -2.35. The van der Waals surface area contributed by atoms with Crippen molar-refractivity contribution in [1.29, 1.82) is 0 Å². The van der Waals surface area contributed by atoms with E-state index in [4.69, 9.17) is 25.8 Å². The second kappa shape index (κ2) is 9.47. The van der Waals surface area contributed by atoms with Crippen molar-refractivity contribution in [3.05, 3.63) is 64.2 Å². The van der Waals surface area contributed by atoms with Gasteiger partial charge in [-0.25, -0.2) is 4.79 Å². The van der Waals surface area contributed by atoms with Crippen molar-refractivity contribution in [2.75, 3.05) is 13.2 Å². The SMILES string of the molecule is Cc1ccc(CNC(=O)[C@H](C)OC(=O)/C=C/c2cc(Cl)c3c(c2)OCCO3)cc1. The van der Waals surface area contributed by atoms with Gasteiger partial charge < -0.3 is 19.5 Å². The van der Waals surface area contributed by atoms with Crippen LogP contribution in [0.3, 0.4) is 0 Å². The van der Waals surface area contributed by atoms with Gasteiger partial charge >= 0.3 is 5.97 Å². The van der Waals surface area contributed by atoms with E-state index >= 15 is 0 Å². The molecule has 0 fully saturated rings. The Hall–Kier alpha value is -2.99. The molecule has 3 rings (SSSR count). The first-order valence-electron chi connectivity index (χ1n) is 9.23. The third kappa shape index (κ3) is 5.74. The number of hydrogen-bond acceptors (Lipinski definition) is 5. The summed E-state index contributed by atoms with van der Waals surface area (Å²) in [5.41, 5.74) is 2.78. The maximum absolute atomic E-state index is 12.1. The summed E-state index contributed by atoms with van der Waals surface area (Å²) in [6, 6.07) is 11.2. The van der Waals surface area contributed by atoms with Gasteiger partial charge in [0.2, 0.25) is 0 Å². The number of carbonyl (C=O) groups excluding carboxylic acids is 2. The molecule has 29 heavy (non-hydrogen) atoms. The molecule has 1 aliphatic rings. The molecule has 0 saturated carbocycles. The predicted molar refractivity (Wildman–Crippen MR) is 110 cm³/mol. The number of rotatable bonds is 6. The third-order valence-corrected chi connectivity index (χ3v) is 4.56. The highest BCUT2D eigenvalue weighted by atomic mass is 35.5. The highest BCUT2D eigenvalue weighted by molar-refractivity contribution is 6.32. The molecule has 0 saturated heterocycles. The second-order valence-corrected chi connectivity index (χ2v) is 7.05. The Bertz CT molecular complexity index is 924. The summed E-state index contributed by atoms with van der Waals surface area (Å²) >= 11 is 6.17. The highest BCUT2D eigenvalue weighted by Gasteiger charge is 2.17. The van der Waals surface area contributed by atoms with Crippen molar-refractivity contribution in [1.82, 2.24) is 5.32 Å². The van der Waals surface area contributed by atoms with E-state index in [-0.39, 0.29) is 5.91 Å². The standard InChI is InChI=1S/C22H22ClNO5/c1-14-3-5-16(6-4-14)13-24-22(26)15(2)29-20(25)8-7-17-11-18(23)21-19(12-17)27-9-10-28-21/h3-8,11-12,15H,9-10,13H2,1-2H3,(H,24,26)/b8-7+/t15-/m0/s1. The summed E-state index contributed by atoms with van der Waals surface area (Å²) in [5, 5.41) is 3.15. The minimum absolute atomic E-state index is 0.366. The van der Waals surface area contributed by atoms with Gasteiger partial charge in [0.1, 0.15) is 13.2 Å². The molecule has 0 aliphatic carbocycles. The first kappa shape index (κ1) is 20.7. The van der Waals surface area contributed by atoms with Crippen LogP contribution in [0.2, 0.25) is 5.02 Å². The Morgan fingerprint density at radius 3 is 2.69 bits per heavy atom. The fourth-order valence-electron chi connectivity index (χ4n) is 2.70. The molecular formula is C22H22ClNO5. The molecule has 1 N–H and O–H groups in total. The molecule has 0 unspecified atom stereocenters. The van der Waals surface area contributed by atoms with E-state index in [1.165, 1.54) is 13.0 Å². The number of hydrogen-bond donors (Lipinski definition) is 1. The van der Waals surface area contributed by atoms with E-state index in [9.17, 15) is 9.59 Å². The van der Waals surface area contributed by atoms with E-state index in [0.29, 0.717) is 41.8 Å². The van der Waals surface area contributed by atoms with Crippen molar-refractivity contribution in [3.8, 4) is 11.5 Å². The van der Waals surface area contributed by atoms with Crippen LogP contribution in [-0.4, -0.2) is 31.2 Å². The van der Waals surface area contributed by atoms with Crippen LogP contribution in [0.1, 0.15) is 23.6 Å². The summed E-state index contributed by atoms with van der Waals surface area (Å²) in [6.45, 7) is 4.77. The molecule has 7 heteroatoms. The smallest absolute Gasteiger partial charge is 0.331 e. The molecule has 0 radical (unpaired) electrons. The number of ether oxygens (including phenoxy) is 3. The third-order valence-electron chi connectivity index (χ3n) is 4.28. The van der Waals surface area contributed by atoms with Gasteiger partial charge in [-0.05, 0) is 43.2 Å². The van der Waals surface area contributed by atoms with Gasteiger partial charge in [-0.1, -0.05) is 41.4 Å².